The summed E-state index contributed by atoms with van der Waals surface area (Å²) < 4.78 is 2.65. The minimum Gasteiger partial charge on any atom is -0.349 e. The molecule has 0 spiro atoms. The minimum absolute atomic E-state index is 0.00561. The summed E-state index contributed by atoms with van der Waals surface area (Å²) >= 11 is 3.46. The number of carbonyl (C=O) groups is 1. The van der Waals surface area contributed by atoms with E-state index in [4.69, 9.17) is 0 Å². The third kappa shape index (κ3) is 2.87. The molecular weight excluding hydrogens is 306 g/mol. The summed E-state index contributed by atoms with van der Waals surface area (Å²) in [6.45, 7) is 0. The second kappa shape index (κ2) is 4.81. The van der Waals surface area contributed by atoms with Gasteiger partial charge in [0.1, 0.15) is 0 Å². The van der Waals surface area contributed by atoms with Gasteiger partial charge >= 0.3 is 0 Å². The number of nitrogens with zero attached hydrogens (tertiary/aromatic N) is 2. The molecule has 0 aliphatic heterocycles. The molecule has 1 aliphatic carbocycles. The summed E-state index contributed by atoms with van der Waals surface area (Å²) in [6, 6.07) is 6.11. The number of hydrogen-bond acceptors (Lipinski definition) is 2. The highest BCUT2D eigenvalue weighted by atomic mass is 79.9. The van der Waals surface area contributed by atoms with E-state index in [9.17, 15) is 4.79 Å². The molecule has 1 heterocycles. The van der Waals surface area contributed by atoms with Gasteiger partial charge in [0, 0.05) is 34.9 Å². The topological polar surface area (TPSA) is 46.9 Å². The number of hydrogen-bond donors (Lipinski definition) is 1. The van der Waals surface area contributed by atoms with Crippen molar-refractivity contribution >= 4 is 21.8 Å². The monoisotopic (exact) mass is 319 g/mol. The fourth-order valence-corrected chi connectivity index (χ4v) is 2.45. The Morgan fingerprint density at radius 1 is 1.37 bits per heavy atom. The van der Waals surface area contributed by atoms with Gasteiger partial charge in [-0.25, -0.2) is 0 Å². The third-order valence-corrected chi connectivity index (χ3v) is 3.57. The average Bonchev–Trinajstić information content (AvgIpc) is 3.07. The first kappa shape index (κ1) is 12.4. The Kier molecular flexibility index (Phi) is 3.14. The van der Waals surface area contributed by atoms with E-state index < -0.39 is 0 Å². The summed E-state index contributed by atoms with van der Waals surface area (Å²) in [6.07, 6.45) is 5.92. The molecule has 0 saturated heterocycles. The molecule has 19 heavy (non-hydrogen) atoms. The fourth-order valence-electron chi connectivity index (χ4n) is 1.95. The van der Waals surface area contributed by atoms with Gasteiger partial charge in [0.25, 0.3) is 5.91 Å². The number of aromatic nitrogens is 2. The number of carbonyl (C=O) groups excluding carboxylic acids is 1. The first-order valence-electron chi connectivity index (χ1n) is 6.22. The van der Waals surface area contributed by atoms with Gasteiger partial charge in [0.15, 0.2) is 0 Å². The average molecular weight is 320 g/mol. The Morgan fingerprint density at radius 2 is 2.16 bits per heavy atom. The van der Waals surface area contributed by atoms with E-state index >= 15 is 0 Å². The van der Waals surface area contributed by atoms with Crippen molar-refractivity contribution in [2.24, 2.45) is 7.05 Å². The molecule has 4 nitrogen and oxygen atoms in total. The van der Waals surface area contributed by atoms with Crippen molar-refractivity contribution in [1.29, 1.82) is 0 Å². The molecule has 1 saturated carbocycles. The number of benzene rings is 1. The third-order valence-electron chi connectivity index (χ3n) is 3.11. The summed E-state index contributed by atoms with van der Waals surface area (Å²) in [4.78, 5) is 12.1. The van der Waals surface area contributed by atoms with E-state index in [-0.39, 0.29) is 5.91 Å². The zero-order valence-corrected chi connectivity index (χ0v) is 12.1. The van der Waals surface area contributed by atoms with Crippen LogP contribution in [0, 0.1) is 0 Å². The van der Waals surface area contributed by atoms with Crippen LogP contribution in [-0.4, -0.2) is 21.7 Å². The number of aryl methyl sites for hydroxylation is 1. The Labute approximate surface area is 119 Å². The van der Waals surface area contributed by atoms with Crippen LogP contribution in [0.1, 0.15) is 23.2 Å². The van der Waals surface area contributed by atoms with Crippen molar-refractivity contribution in [3.05, 3.63) is 40.6 Å². The van der Waals surface area contributed by atoms with Gasteiger partial charge in [-0.2, -0.15) is 5.10 Å². The maximum Gasteiger partial charge on any atom is 0.251 e. The van der Waals surface area contributed by atoms with Crippen LogP contribution in [0.5, 0.6) is 0 Å². The molecule has 1 fully saturated rings. The Hall–Kier alpha value is -1.62. The van der Waals surface area contributed by atoms with Crippen molar-refractivity contribution in [2.45, 2.75) is 18.9 Å². The van der Waals surface area contributed by atoms with Crippen LogP contribution in [0.2, 0.25) is 0 Å². The van der Waals surface area contributed by atoms with E-state index in [1.807, 2.05) is 31.4 Å². The lowest BCUT2D eigenvalue weighted by Crippen LogP contribution is -2.25. The number of rotatable bonds is 3. The predicted octanol–water partition coefficient (Wildman–Crippen LogP) is 2.74. The molecule has 1 amide bonds. The quantitative estimate of drug-likeness (QED) is 0.945. The summed E-state index contributed by atoms with van der Waals surface area (Å²) in [5.41, 5.74) is 2.67. The smallest absolute Gasteiger partial charge is 0.251 e. The van der Waals surface area contributed by atoms with Crippen LogP contribution < -0.4 is 5.32 Å². The van der Waals surface area contributed by atoms with Gasteiger partial charge in [-0.15, -0.1) is 0 Å². The van der Waals surface area contributed by atoms with Crippen molar-refractivity contribution in [1.82, 2.24) is 15.1 Å². The van der Waals surface area contributed by atoms with Crippen LogP contribution in [-0.2, 0) is 7.05 Å². The fraction of sp³-hybridized carbons (Fsp3) is 0.286. The second-order valence-electron chi connectivity index (χ2n) is 4.88. The van der Waals surface area contributed by atoms with Crippen LogP contribution >= 0.6 is 15.9 Å². The molecule has 0 bridgehead atoms. The predicted molar refractivity (Wildman–Crippen MR) is 76.8 cm³/mol. The standard InChI is InChI=1S/C14H14BrN3O/c1-18-8-11(7-16-18)9-4-10(6-12(15)5-9)14(19)17-13-2-3-13/h4-8,13H,2-3H2,1H3,(H,17,19). The van der Waals surface area contributed by atoms with E-state index in [2.05, 4.69) is 26.3 Å². The number of nitrogens with one attached hydrogen (secondary N) is 1. The highest BCUT2D eigenvalue weighted by Gasteiger charge is 2.24. The Balaban J connectivity index is 1.92. The lowest BCUT2D eigenvalue weighted by Gasteiger charge is -2.06. The summed E-state index contributed by atoms with van der Waals surface area (Å²) in [5.74, 6) is -0.00561. The number of amides is 1. The van der Waals surface area contributed by atoms with E-state index in [1.54, 1.807) is 10.9 Å². The van der Waals surface area contributed by atoms with Crippen LogP contribution in [0.15, 0.2) is 35.1 Å². The lowest BCUT2D eigenvalue weighted by atomic mass is 10.1. The molecule has 0 unspecified atom stereocenters. The van der Waals surface area contributed by atoms with E-state index in [0.29, 0.717) is 11.6 Å². The van der Waals surface area contributed by atoms with Crippen LogP contribution in [0.25, 0.3) is 11.1 Å². The Morgan fingerprint density at radius 3 is 2.79 bits per heavy atom. The van der Waals surface area contributed by atoms with Crippen LogP contribution in [0.4, 0.5) is 0 Å². The molecule has 2 aromatic rings. The van der Waals surface area contributed by atoms with E-state index in [0.717, 1.165) is 28.4 Å². The first-order chi connectivity index (χ1) is 9.11. The van der Waals surface area contributed by atoms with Crippen molar-refractivity contribution < 1.29 is 4.79 Å². The maximum absolute atomic E-state index is 12.1. The van der Waals surface area contributed by atoms with Gasteiger partial charge in [0.05, 0.1) is 6.20 Å². The van der Waals surface area contributed by atoms with Gasteiger partial charge < -0.3 is 5.32 Å². The zero-order chi connectivity index (χ0) is 13.4. The first-order valence-corrected chi connectivity index (χ1v) is 7.01. The summed E-state index contributed by atoms with van der Waals surface area (Å²) in [5, 5.41) is 7.16. The van der Waals surface area contributed by atoms with Crippen molar-refractivity contribution in [3.63, 3.8) is 0 Å². The molecule has 3 rings (SSSR count). The molecule has 1 N–H and O–H groups in total. The van der Waals surface area contributed by atoms with E-state index in [1.165, 1.54) is 0 Å². The molecule has 98 valence electrons. The molecule has 0 radical (unpaired) electrons. The SMILES string of the molecule is Cn1cc(-c2cc(Br)cc(C(=O)NC3CC3)c2)cn1. The van der Waals surface area contributed by atoms with Crippen molar-refractivity contribution in [2.75, 3.05) is 0 Å². The zero-order valence-electron chi connectivity index (χ0n) is 10.6. The normalized spacial score (nSPS) is 14.4. The van der Waals surface area contributed by atoms with Gasteiger partial charge in [-0.1, -0.05) is 15.9 Å². The molecule has 1 aromatic carbocycles. The molecule has 1 aliphatic rings. The minimum atomic E-state index is -0.00561. The van der Waals surface area contributed by atoms with Gasteiger partial charge in [-0.3, -0.25) is 9.48 Å². The largest absolute Gasteiger partial charge is 0.349 e. The summed E-state index contributed by atoms with van der Waals surface area (Å²) in [7, 11) is 1.88. The second-order valence-corrected chi connectivity index (χ2v) is 5.79. The van der Waals surface area contributed by atoms with Gasteiger partial charge in [-0.05, 0) is 36.6 Å². The lowest BCUT2D eigenvalue weighted by molar-refractivity contribution is 0.0951. The molecular formula is C14H14BrN3O. The maximum atomic E-state index is 12.1. The van der Waals surface area contributed by atoms with Gasteiger partial charge in [0.2, 0.25) is 0 Å². The molecule has 5 heteroatoms. The van der Waals surface area contributed by atoms with Crippen molar-refractivity contribution in [3.8, 4) is 11.1 Å². The molecule has 0 atom stereocenters. The highest BCUT2D eigenvalue weighted by molar-refractivity contribution is 9.10. The highest BCUT2D eigenvalue weighted by Crippen LogP contribution is 2.26. The Bertz CT molecular complexity index is 631. The number of halogens is 1. The molecule has 1 aromatic heterocycles. The van der Waals surface area contributed by atoms with Crippen LogP contribution in [0.3, 0.4) is 0 Å².